The molecule has 2 rings (SSSR count). The van der Waals surface area contributed by atoms with Crippen LogP contribution in [-0.2, 0) is 4.79 Å². The van der Waals surface area contributed by atoms with E-state index in [1.165, 1.54) is 0 Å². The third-order valence-corrected chi connectivity index (χ3v) is 3.98. The highest BCUT2D eigenvalue weighted by Gasteiger charge is 2.17. The van der Waals surface area contributed by atoms with Crippen molar-refractivity contribution in [2.75, 3.05) is 11.6 Å². The van der Waals surface area contributed by atoms with E-state index in [1.807, 2.05) is 42.7 Å². The Kier molecular flexibility index (Phi) is 5.53. The molecule has 0 saturated carbocycles. The molecular formula is C16H16ClNO2S. The highest BCUT2D eigenvalue weighted by Crippen LogP contribution is 2.26. The third-order valence-electron chi connectivity index (χ3n) is 2.87. The summed E-state index contributed by atoms with van der Waals surface area (Å²) in [4.78, 5) is 13.2. The molecule has 0 aliphatic rings. The van der Waals surface area contributed by atoms with Crippen LogP contribution in [0.4, 0.5) is 5.69 Å². The molecule has 0 spiro atoms. The lowest BCUT2D eigenvalue weighted by molar-refractivity contribution is -0.122. The number of benzene rings is 2. The lowest BCUT2D eigenvalue weighted by Gasteiger charge is -2.16. The SMILES string of the molecule is CSc1ccccc1NC(=O)C(C)Oc1ccccc1Cl. The number of hydrogen-bond acceptors (Lipinski definition) is 3. The summed E-state index contributed by atoms with van der Waals surface area (Å²) in [6, 6.07) is 14.7. The van der Waals surface area contributed by atoms with Crippen molar-refractivity contribution in [3.8, 4) is 5.75 Å². The molecule has 21 heavy (non-hydrogen) atoms. The first-order valence-electron chi connectivity index (χ1n) is 6.47. The number of rotatable bonds is 5. The van der Waals surface area contributed by atoms with Crippen LogP contribution in [0.15, 0.2) is 53.4 Å². The number of thioether (sulfide) groups is 1. The van der Waals surface area contributed by atoms with Crippen LogP contribution >= 0.6 is 23.4 Å². The average Bonchev–Trinajstić information content (AvgIpc) is 2.50. The second-order valence-corrected chi connectivity index (χ2v) is 5.64. The highest BCUT2D eigenvalue weighted by molar-refractivity contribution is 7.98. The van der Waals surface area contributed by atoms with Gasteiger partial charge in [0, 0.05) is 4.90 Å². The van der Waals surface area contributed by atoms with Gasteiger partial charge in [0.2, 0.25) is 0 Å². The quantitative estimate of drug-likeness (QED) is 0.826. The predicted molar refractivity (Wildman–Crippen MR) is 88.4 cm³/mol. The van der Waals surface area contributed by atoms with E-state index in [9.17, 15) is 4.79 Å². The van der Waals surface area contributed by atoms with Crippen LogP contribution in [0.1, 0.15) is 6.92 Å². The van der Waals surface area contributed by atoms with Gasteiger partial charge in [-0.05, 0) is 37.4 Å². The van der Waals surface area contributed by atoms with E-state index in [4.69, 9.17) is 16.3 Å². The zero-order chi connectivity index (χ0) is 15.2. The summed E-state index contributed by atoms with van der Waals surface area (Å²) in [5, 5.41) is 3.36. The van der Waals surface area contributed by atoms with Gasteiger partial charge in [-0.25, -0.2) is 0 Å². The van der Waals surface area contributed by atoms with E-state index >= 15 is 0 Å². The van der Waals surface area contributed by atoms with Gasteiger partial charge in [-0.1, -0.05) is 35.9 Å². The molecule has 1 unspecified atom stereocenters. The molecule has 110 valence electrons. The normalized spacial score (nSPS) is 11.8. The monoisotopic (exact) mass is 321 g/mol. The molecular weight excluding hydrogens is 306 g/mol. The van der Waals surface area contributed by atoms with Gasteiger partial charge in [0.25, 0.3) is 5.91 Å². The minimum atomic E-state index is -0.639. The number of ether oxygens (including phenoxy) is 1. The van der Waals surface area contributed by atoms with Crippen LogP contribution in [0.5, 0.6) is 5.75 Å². The summed E-state index contributed by atoms with van der Waals surface area (Å²) in [5.41, 5.74) is 0.782. The third kappa shape index (κ3) is 4.16. The molecule has 5 heteroatoms. The van der Waals surface area contributed by atoms with Gasteiger partial charge >= 0.3 is 0 Å². The van der Waals surface area contributed by atoms with Crippen molar-refractivity contribution in [1.29, 1.82) is 0 Å². The van der Waals surface area contributed by atoms with E-state index in [2.05, 4.69) is 5.32 Å². The molecule has 1 atom stereocenters. The Hall–Kier alpha value is -1.65. The van der Waals surface area contributed by atoms with Gasteiger partial charge < -0.3 is 10.1 Å². The lowest BCUT2D eigenvalue weighted by atomic mass is 10.3. The van der Waals surface area contributed by atoms with E-state index in [1.54, 1.807) is 30.8 Å². The van der Waals surface area contributed by atoms with E-state index in [0.717, 1.165) is 10.6 Å². The molecule has 0 aliphatic heterocycles. The Morgan fingerprint density at radius 3 is 2.57 bits per heavy atom. The number of amides is 1. The zero-order valence-electron chi connectivity index (χ0n) is 11.8. The number of carbonyl (C=O) groups excluding carboxylic acids is 1. The van der Waals surface area contributed by atoms with Crippen molar-refractivity contribution in [2.24, 2.45) is 0 Å². The van der Waals surface area contributed by atoms with Crippen molar-refractivity contribution in [3.63, 3.8) is 0 Å². The average molecular weight is 322 g/mol. The fourth-order valence-electron chi connectivity index (χ4n) is 1.77. The standard InChI is InChI=1S/C16H16ClNO2S/c1-11(20-14-9-5-3-7-12(14)17)16(19)18-13-8-4-6-10-15(13)21-2/h3-11H,1-2H3,(H,18,19). The van der Waals surface area contributed by atoms with E-state index in [-0.39, 0.29) is 5.91 Å². The first-order chi connectivity index (χ1) is 10.1. The smallest absolute Gasteiger partial charge is 0.265 e. The van der Waals surface area contributed by atoms with Gasteiger partial charge in [-0.3, -0.25) is 4.79 Å². The van der Waals surface area contributed by atoms with Crippen molar-refractivity contribution in [2.45, 2.75) is 17.9 Å². The Morgan fingerprint density at radius 1 is 1.19 bits per heavy atom. The molecule has 0 heterocycles. The van der Waals surface area contributed by atoms with Crippen molar-refractivity contribution >= 4 is 35.0 Å². The van der Waals surface area contributed by atoms with Crippen LogP contribution in [-0.4, -0.2) is 18.3 Å². The number of halogens is 1. The van der Waals surface area contributed by atoms with Gasteiger partial charge in [0.05, 0.1) is 10.7 Å². The molecule has 2 aromatic rings. The summed E-state index contributed by atoms with van der Waals surface area (Å²) < 4.78 is 5.60. The number of nitrogens with one attached hydrogen (secondary N) is 1. The Morgan fingerprint density at radius 2 is 1.86 bits per heavy atom. The van der Waals surface area contributed by atoms with Crippen LogP contribution in [0.2, 0.25) is 5.02 Å². The molecule has 0 aliphatic carbocycles. The van der Waals surface area contributed by atoms with Crippen LogP contribution in [0.25, 0.3) is 0 Å². The molecule has 2 aromatic carbocycles. The Labute approximate surface area is 133 Å². The summed E-state index contributed by atoms with van der Waals surface area (Å²) in [6.45, 7) is 1.69. The molecule has 1 amide bonds. The number of para-hydroxylation sites is 2. The zero-order valence-corrected chi connectivity index (χ0v) is 13.4. The van der Waals surface area contributed by atoms with Crippen LogP contribution in [0, 0.1) is 0 Å². The van der Waals surface area contributed by atoms with Crippen LogP contribution < -0.4 is 10.1 Å². The molecule has 0 bridgehead atoms. The topological polar surface area (TPSA) is 38.3 Å². The van der Waals surface area contributed by atoms with Gasteiger partial charge in [-0.15, -0.1) is 11.8 Å². The first-order valence-corrected chi connectivity index (χ1v) is 8.07. The summed E-state index contributed by atoms with van der Waals surface area (Å²) in [7, 11) is 0. The molecule has 1 N–H and O–H groups in total. The second kappa shape index (κ2) is 7.38. The van der Waals surface area contributed by atoms with Gasteiger partial charge in [-0.2, -0.15) is 0 Å². The molecule has 0 aromatic heterocycles. The fourth-order valence-corrected chi connectivity index (χ4v) is 2.50. The number of anilines is 1. The predicted octanol–water partition coefficient (Wildman–Crippen LogP) is 4.47. The van der Waals surface area contributed by atoms with Crippen LogP contribution in [0.3, 0.4) is 0 Å². The Bertz CT molecular complexity index is 633. The van der Waals surface area contributed by atoms with Crippen molar-refractivity contribution in [1.82, 2.24) is 0 Å². The Balaban J connectivity index is 2.05. The highest BCUT2D eigenvalue weighted by atomic mass is 35.5. The van der Waals surface area contributed by atoms with Gasteiger partial charge in [0.15, 0.2) is 6.10 Å². The maximum Gasteiger partial charge on any atom is 0.265 e. The largest absolute Gasteiger partial charge is 0.479 e. The summed E-state index contributed by atoms with van der Waals surface area (Å²) in [5.74, 6) is 0.288. The number of hydrogen-bond donors (Lipinski definition) is 1. The molecule has 0 radical (unpaired) electrons. The minimum Gasteiger partial charge on any atom is -0.479 e. The second-order valence-electron chi connectivity index (χ2n) is 4.38. The van der Waals surface area contributed by atoms with Crippen molar-refractivity contribution in [3.05, 3.63) is 53.6 Å². The minimum absolute atomic E-state index is 0.212. The first kappa shape index (κ1) is 15.7. The van der Waals surface area contributed by atoms with E-state index in [0.29, 0.717) is 10.8 Å². The van der Waals surface area contributed by atoms with Crippen molar-refractivity contribution < 1.29 is 9.53 Å². The molecule has 0 saturated heterocycles. The lowest BCUT2D eigenvalue weighted by Crippen LogP contribution is -2.30. The van der Waals surface area contributed by atoms with Gasteiger partial charge in [0.1, 0.15) is 5.75 Å². The number of carbonyl (C=O) groups is 1. The fraction of sp³-hybridized carbons (Fsp3) is 0.188. The molecule has 3 nitrogen and oxygen atoms in total. The summed E-state index contributed by atoms with van der Waals surface area (Å²) >= 11 is 7.60. The maximum atomic E-state index is 12.2. The summed E-state index contributed by atoms with van der Waals surface area (Å²) in [6.07, 6.45) is 1.33. The molecule has 0 fully saturated rings. The maximum absolute atomic E-state index is 12.2. The van der Waals surface area contributed by atoms with E-state index < -0.39 is 6.10 Å².